The van der Waals surface area contributed by atoms with Gasteiger partial charge in [-0.1, -0.05) is 12.6 Å². The van der Waals surface area contributed by atoms with Crippen molar-refractivity contribution in [1.82, 2.24) is 0 Å². The van der Waals surface area contributed by atoms with Gasteiger partial charge in [0.25, 0.3) is 0 Å². The molecule has 108 valence electrons. The summed E-state index contributed by atoms with van der Waals surface area (Å²) in [5, 5.41) is 0. The van der Waals surface area contributed by atoms with Crippen LogP contribution in [0, 0.1) is 0 Å². The molecule has 0 aromatic carbocycles. The van der Waals surface area contributed by atoms with E-state index in [4.69, 9.17) is 23.4 Å². The summed E-state index contributed by atoms with van der Waals surface area (Å²) in [6.45, 7) is 11.1. The molecule has 0 radical (unpaired) electrons. The SMILES string of the molecule is C=CCOCCOCCOCCOCCO[SiH2]C. The Morgan fingerprint density at radius 3 is 1.67 bits per heavy atom. The summed E-state index contributed by atoms with van der Waals surface area (Å²) in [5.41, 5.74) is 0. The van der Waals surface area contributed by atoms with Gasteiger partial charge >= 0.3 is 0 Å². The van der Waals surface area contributed by atoms with Gasteiger partial charge in [0.05, 0.1) is 59.5 Å². The standard InChI is InChI=1S/C12H26O5Si/c1-3-4-13-5-6-14-7-8-15-9-10-16-11-12-17-18-2/h3H,1,4-12,18H2,2H3. The van der Waals surface area contributed by atoms with E-state index in [1.165, 1.54) is 0 Å². The Kier molecular flexibility index (Phi) is 16.5. The predicted molar refractivity (Wildman–Crippen MR) is 73.8 cm³/mol. The maximum absolute atomic E-state index is 5.33. The lowest BCUT2D eigenvalue weighted by Crippen LogP contribution is -2.13. The Bertz CT molecular complexity index is 169. The Labute approximate surface area is 112 Å². The smallest absolute Gasteiger partial charge is 0.158 e. The third kappa shape index (κ3) is 15.8. The fourth-order valence-corrected chi connectivity index (χ4v) is 1.50. The molecule has 0 aliphatic heterocycles. The van der Waals surface area contributed by atoms with Gasteiger partial charge in [-0.2, -0.15) is 0 Å². The molecule has 0 bridgehead atoms. The molecule has 6 heteroatoms. The van der Waals surface area contributed by atoms with E-state index in [0.717, 1.165) is 0 Å². The van der Waals surface area contributed by atoms with Crippen LogP contribution in [0.25, 0.3) is 0 Å². The van der Waals surface area contributed by atoms with E-state index >= 15 is 0 Å². The molecule has 0 spiro atoms. The van der Waals surface area contributed by atoms with Gasteiger partial charge in [-0.15, -0.1) is 6.58 Å². The number of rotatable bonds is 15. The van der Waals surface area contributed by atoms with Crippen LogP contribution in [0.5, 0.6) is 0 Å². The Balaban J connectivity index is 2.88. The second kappa shape index (κ2) is 16.8. The summed E-state index contributed by atoms with van der Waals surface area (Å²) in [5.74, 6) is 0. The molecule has 0 heterocycles. The van der Waals surface area contributed by atoms with E-state index in [2.05, 4.69) is 13.1 Å². The van der Waals surface area contributed by atoms with Crippen molar-refractivity contribution >= 4 is 9.76 Å². The molecule has 0 fully saturated rings. The van der Waals surface area contributed by atoms with E-state index < -0.39 is 0 Å². The molecule has 0 aromatic heterocycles. The first-order valence-electron chi connectivity index (χ1n) is 6.41. The van der Waals surface area contributed by atoms with Crippen LogP contribution in [-0.2, 0) is 23.4 Å². The number of hydrogen-bond acceptors (Lipinski definition) is 5. The fraction of sp³-hybridized carbons (Fsp3) is 0.833. The van der Waals surface area contributed by atoms with Crippen molar-refractivity contribution < 1.29 is 23.4 Å². The molecule has 0 saturated heterocycles. The molecule has 0 amide bonds. The van der Waals surface area contributed by atoms with Crippen LogP contribution in [0.3, 0.4) is 0 Å². The first kappa shape index (κ1) is 17.8. The number of hydrogen-bond donors (Lipinski definition) is 0. The molecule has 0 N–H and O–H groups in total. The van der Waals surface area contributed by atoms with Crippen LogP contribution >= 0.6 is 0 Å². The van der Waals surface area contributed by atoms with E-state index in [1.807, 2.05) is 0 Å². The lowest BCUT2D eigenvalue weighted by Gasteiger charge is -2.07. The molecule has 0 aromatic rings. The van der Waals surface area contributed by atoms with E-state index in [9.17, 15) is 0 Å². The van der Waals surface area contributed by atoms with Crippen LogP contribution in [-0.4, -0.2) is 69.2 Å². The van der Waals surface area contributed by atoms with Crippen molar-refractivity contribution in [3.8, 4) is 0 Å². The fourth-order valence-electron chi connectivity index (χ4n) is 1.09. The van der Waals surface area contributed by atoms with Crippen LogP contribution in [0.1, 0.15) is 0 Å². The predicted octanol–water partition coefficient (Wildman–Crippen LogP) is 0.387. The topological polar surface area (TPSA) is 46.2 Å². The molecular weight excluding hydrogens is 252 g/mol. The first-order valence-corrected chi connectivity index (χ1v) is 8.40. The molecular formula is C12H26O5Si. The highest BCUT2D eigenvalue weighted by molar-refractivity contribution is 6.24. The largest absolute Gasteiger partial charge is 0.422 e. The highest BCUT2D eigenvalue weighted by Gasteiger charge is 1.92. The highest BCUT2D eigenvalue weighted by atomic mass is 28.2. The molecule has 0 aliphatic rings. The van der Waals surface area contributed by atoms with E-state index in [-0.39, 0.29) is 9.76 Å². The highest BCUT2D eigenvalue weighted by Crippen LogP contribution is 1.83. The summed E-state index contributed by atoms with van der Waals surface area (Å²) in [4.78, 5) is 0. The number of ether oxygens (including phenoxy) is 4. The van der Waals surface area contributed by atoms with Crippen LogP contribution in [0.2, 0.25) is 6.55 Å². The van der Waals surface area contributed by atoms with Gasteiger partial charge in [0.1, 0.15) is 0 Å². The first-order chi connectivity index (χ1) is 8.91. The van der Waals surface area contributed by atoms with Crippen LogP contribution in [0.15, 0.2) is 12.7 Å². The van der Waals surface area contributed by atoms with Crippen molar-refractivity contribution in [2.24, 2.45) is 0 Å². The Morgan fingerprint density at radius 1 is 0.778 bits per heavy atom. The van der Waals surface area contributed by atoms with Gasteiger partial charge < -0.3 is 23.4 Å². The summed E-state index contributed by atoms with van der Waals surface area (Å²) in [6.07, 6.45) is 1.72. The normalized spacial score (nSPS) is 11.4. The Hall–Kier alpha value is -0.243. The third-order valence-corrected chi connectivity index (χ3v) is 2.62. The Morgan fingerprint density at radius 2 is 1.22 bits per heavy atom. The van der Waals surface area contributed by atoms with Gasteiger partial charge in [0.15, 0.2) is 9.76 Å². The molecule has 0 atom stereocenters. The minimum absolute atomic E-state index is 0.291. The van der Waals surface area contributed by atoms with Gasteiger partial charge in [-0.3, -0.25) is 0 Å². The zero-order valence-corrected chi connectivity index (χ0v) is 12.8. The van der Waals surface area contributed by atoms with Crippen molar-refractivity contribution in [3.63, 3.8) is 0 Å². The molecule has 18 heavy (non-hydrogen) atoms. The monoisotopic (exact) mass is 278 g/mol. The molecule has 0 unspecified atom stereocenters. The summed E-state index contributed by atoms with van der Waals surface area (Å²) >= 11 is 0. The van der Waals surface area contributed by atoms with Crippen molar-refractivity contribution in [3.05, 3.63) is 12.7 Å². The van der Waals surface area contributed by atoms with Gasteiger partial charge in [0, 0.05) is 0 Å². The third-order valence-electron chi connectivity index (χ3n) is 1.93. The second-order valence-corrected chi connectivity index (χ2v) is 4.38. The lowest BCUT2D eigenvalue weighted by atomic mass is 10.6. The van der Waals surface area contributed by atoms with Crippen LogP contribution in [0.4, 0.5) is 0 Å². The minimum Gasteiger partial charge on any atom is -0.422 e. The average molecular weight is 278 g/mol. The zero-order chi connectivity index (χ0) is 13.3. The molecule has 5 nitrogen and oxygen atoms in total. The quantitative estimate of drug-likeness (QED) is 0.246. The summed E-state index contributed by atoms with van der Waals surface area (Å²) < 4.78 is 26.4. The van der Waals surface area contributed by atoms with Crippen molar-refractivity contribution in [2.45, 2.75) is 6.55 Å². The molecule has 0 aliphatic carbocycles. The zero-order valence-electron chi connectivity index (χ0n) is 11.4. The maximum Gasteiger partial charge on any atom is 0.158 e. The summed E-state index contributed by atoms with van der Waals surface area (Å²) in [7, 11) is -0.291. The van der Waals surface area contributed by atoms with Gasteiger partial charge in [-0.05, 0) is 0 Å². The van der Waals surface area contributed by atoms with Crippen molar-refractivity contribution in [2.75, 3.05) is 59.5 Å². The average Bonchev–Trinajstić information content (AvgIpc) is 2.39. The van der Waals surface area contributed by atoms with E-state index in [0.29, 0.717) is 59.5 Å². The van der Waals surface area contributed by atoms with Crippen LogP contribution < -0.4 is 0 Å². The maximum atomic E-state index is 5.33. The summed E-state index contributed by atoms with van der Waals surface area (Å²) in [6, 6.07) is 0. The molecule has 0 rings (SSSR count). The lowest BCUT2D eigenvalue weighted by molar-refractivity contribution is -0.00210. The van der Waals surface area contributed by atoms with Gasteiger partial charge in [0.2, 0.25) is 0 Å². The van der Waals surface area contributed by atoms with Gasteiger partial charge in [-0.25, -0.2) is 0 Å². The van der Waals surface area contributed by atoms with Crippen molar-refractivity contribution in [1.29, 1.82) is 0 Å². The minimum atomic E-state index is -0.291. The second-order valence-electron chi connectivity index (χ2n) is 3.40. The van der Waals surface area contributed by atoms with E-state index in [1.54, 1.807) is 6.08 Å². The molecule has 0 saturated carbocycles.